The Kier molecular flexibility index (Phi) is 5.88. The largest absolute Gasteiger partial charge is 0.504 e. The summed E-state index contributed by atoms with van der Waals surface area (Å²) in [6.07, 6.45) is 0. The van der Waals surface area contributed by atoms with Gasteiger partial charge in [0.25, 0.3) is 11.5 Å². The normalized spacial score (nSPS) is 11.2. The first-order valence-electron chi connectivity index (χ1n) is 7.43. The fourth-order valence-corrected chi connectivity index (χ4v) is 2.54. The number of nitrogens with one attached hydrogen (secondary N) is 1. The van der Waals surface area contributed by atoms with Gasteiger partial charge in [0.05, 0.1) is 17.7 Å². The summed E-state index contributed by atoms with van der Waals surface area (Å²) in [6.45, 7) is 0. The number of phenols is 1. The molecular formula is C15H18ClN7O4. The molecule has 11 nitrogen and oxygen atoms in total. The first-order chi connectivity index (χ1) is 12.7. The van der Waals surface area contributed by atoms with Gasteiger partial charge in [0, 0.05) is 14.1 Å². The summed E-state index contributed by atoms with van der Waals surface area (Å²) in [5.41, 5.74) is -0.569. The number of hydrogen-bond acceptors (Lipinski definition) is 8. The van der Waals surface area contributed by atoms with Crippen molar-refractivity contribution in [2.24, 2.45) is 23.8 Å². The number of aromatic nitrogens is 2. The minimum atomic E-state index is -0.781. The summed E-state index contributed by atoms with van der Waals surface area (Å²) in [5.74, 6) is 9.75. The fourth-order valence-electron chi connectivity index (χ4n) is 2.23. The van der Waals surface area contributed by atoms with E-state index in [2.05, 4.69) is 15.5 Å². The number of hydrogen-bond donors (Lipinski definition) is 4. The number of methoxy groups -OCH3 is 1. The van der Waals surface area contributed by atoms with Gasteiger partial charge in [0.2, 0.25) is 5.96 Å². The maximum atomic E-state index is 12.5. The van der Waals surface area contributed by atoms with Crippen LogP contribution in [0, 0.1) is 0 Å². The number of hydrazone groups is 1. The summed E-state index contributed by atoms with van der Waals surface area (Å²) in [4.78, 5) is 25.0. The van der Waals surface area contributed by atoms with Crippen molar-refractivity contribution in [2.45, 2.75) is 0 Å². The number of carbonyl (C=O) groups is 1. The predicted molar refractivity (Wildman–Crippen MR) is 99.2 cm³/mol. The molecule has 0 atom stereocenters. The Morgan fingerprint density at radius 2 is 2.15 bits per heavy atom. The van der Waals surface area contributed by atoms with Crippen LogP contribution in [0.25, 0.3) is 11.1 Å². The van der Waals surface area contributed by atoms with Gasteiger partial charge in [0.1, 0.15) is 0 Å². The van der Waals surface area contributed by atoms with Crippen LogP contribution in [0.1, 0.15) is 10.5 Å². The second-order valence-electron chi connectivity index (χ2n) is 5.37. The van der Waals surface area contributed by atoms with Crippen molar-refractivity contribution in [3.63, 3.8) is 0 Å². The quantitative estimate of drug-likeness (QED) is 0.236. The molecule has 1 aromatic heterocycles. The van der Waals surface area contributed by atoms with Crippen molar-refractivity contribution in [1.82, 2.24) is 20.1 Å². The molecule has 0 aliphatic heterocycles. The fraction of sp³-hybridized carbons (Fsp3) is 0.200. The van der Waals surface area contributed by atoms with Crippen LogP contribution in [-0.2, 0) is 7.05 Å². The molecule has 0 spiro atoms. The average Bonchev–Trinajstić information content (AvgIpc) is 2.62. The van der Waals surface area contributed by atoms with E-state index >= 15 is 0 Å². The van der Waals surface area contributed by atoms with Gasteiger partial charge in [-0.2, -0.15) is 5.10 Å². The molecule has 1 amide bonds. The van der Waals surface area contributed by atoms with E-state index in [0.717, 1.165) is 9.69 Å². The van der Waals surface area contributed by atoms with E-state index in [4.69, 9.17) is 28.0 Å². The highest BCUT2D eigenvalue weighted by molar-refractivity contribution is 6.36. The van der Waals surface area contributed by atoms with E-state index in [9.17, 15) is 14.7 Å². The summed E-state index contributed by atoms with van der Waals surface area (Å²) in [7, 11) is 4.16. The number of aryl methyl sites for hydroxylation is 1. The molecule has 1 heterocycles. The van der Waals surface area contributed by atoms with E-state index in [1.165, 1.54) is 39.4 Å². The van der Waals surface area contributed by atoms with Crippen molar-refractivity contribution < 1.29 is 14.6 Å². The third-order valence-electron chi connectivity index (χ3n) is 3.55. The summed E-state index contributed by atoms with van der Waals surface area (Å²) < 4.78 is 5.92. The van der Waals surface area contributed by atoms with Crippen LogP contribution in [0.3, 0.4) is 0 Å². The lowest BCUT2D eigenvalue weighted by molar-refractivity contribution is 0.0965. The van der Waals surface area contributed by atoms with E-state index in [0.29, 0.717) is 0 Å². The van der Waals surface area contributed by atoms with E-state index in [1.807, 2.05) is 0 Å². The Morgan fingerprint density at radius 3 is 2.67 bits per heavy atom. The Bertz CT molecular complexity index is 971. The molecule has 0 unspecified atom stereocenters. The van der Waals surface area contributed by atoms with Crippen molar-refractivity contribution in [2.75, 3.05) is 14.2 Å². The number of phenolic OH excluding ortho intramolecular Hbond substituents is 1. The summed E-state index contributed by atoms with van der Waals surface area (Å²) >= 11 is 6.28. The monoisotopic (exact) mass is 395 g/mol. The highest BCUT2D eigenvalue weighted by Crippen LogP contribution is 2.33. The van der Waals surface area contributed by atoms with Gasteiger partial charge in [-0.05, 0) is 17.7 Å². The molecule has 0 bridgehead atoms. The zero-order valence-corrected chi connectivity index (χ0v) is 15.5. The van der Waals surface area contributed by atoms with Crippen LogP contribution in [0.5, 0.6) is 11.5 Å². The number of amides is 1. The molecule has 0 fully saturated rings. The third kappa shape index (κ3) is 3.93. The van der Waals surface area contributed by atoms with Crippen LogP contribution in [0.2, 0.25) is 5.02 Å². The number of nitrogens with two attached hydrogens (primary N) is 2. The molecule has 2 rings (SSSR count). The lowest BCUT2D eigenvalue weighted by Gasteiger charge is -2.16. The second-order valence-corrected chi connectivity index (χ2v) is 5.75. The second kappa shape index (κ2) is 7.93. The van der Waals surface area contributed by atoms with Crippen LogP contribution in [-0.4, -0.2) is 45.9 Å². The molecule has 27 heavy (non-hydrogen) atoms. The Balaban J connectivity index is 2.60. The first kappa shape index (κ1) is 20.0. The van der Waals surface area contributed by atoms with E-state index in [-0.39, 0.29) is 39.3 Å². The molecule has 0 aliphatic carbocycles. The van der Waals surface area contributed by atoms with Crippen molar-refractivity contribution in [3.8, 4) is 22.6 Å². The van der Waals surface area contributed by atoms with Crippen LogP contribution < -0.4 is 27.3 Å². The zero-order valence-electron chi connectivity index (χ0n) is 14.7. The molecule has 0 radical (unpaired) electrons. The molecule has 1 aromatic carbocycles. The van der Waals surface area contributed by atoms with E-state index < -0.39 is 11.5 Å². The maximum absolute atomic E-state index is 12.5. The number of rotatable bonds is 3. The number of carbonyl (C=O) groups excluding carboxylic acids is 1. The minimum Gasteiger partial charge on any atom is -0.504 e. The van der Waals surface area contributed by atoms with Crippen LogP contribution >= 0.6 is 11.6 Å². The Hall–Kier alpha value is -3.31. The van der Waals surface area contributed by atoms with Gasteiger partial charge in [-0.15, -0.1) is 5.10 Å². The molecular weight excluding hydrogens is 378 g/mol. The third-order valence-corrected chi connectivity index (χ3v) is 3.92. The van der Waals surface area contributed by atoms with Gasteiger partial charge in [-0.1, -0.05) is 17.7 Å². The predicted octanol–water partition coefficient (Wildman–Crippen LogP) is -0.420. The van der Waals surface area contributed by atoms with Crippen LogP contribution in [0.4, 0.5) is 0 Å². The first-order valence-corrected chi connectivity index (χ1v) is 7.80. The van der Waals surface area contributed by atoms with Gasteiger partial charge in [0.15, 0.2) is 17.2 Å². The number of ether oxygens (including phenoxy) is 1. The summed E-state index contributed by atoms with van der Waals surface area (Å²) in [6, 6.07) is 4.27. The highest BCUT2D eigenvalue weighted by Gasteiger charge is 2.23. The van der Waals surface area contributed by atoms with Crippen molar-refractivity contribution in [1.29, 1.82) is 0 Å². The number of nitrogens with zero attached hydrogens (tertiary/aromatic N) is 4. The van der Waals surface area contributed by atoms with Crippen molar-refractivity contribution >= 4 is 23.5 Å². The minimum absolute atomic E-state index is 0.0235. The molecule has 12 heteroatoms. The molecule has 0 saturated heterocycles. The van der Waals surface area contributed by atoms with Gasteiger partial charge < -0.3 is 15.7 Å². The Morgan fingerprint density at radius 1 is 1.48 bits per heavy atom. The average molecular weight is 396 g/mol. The lowest BCUT2D eigenvalue weighted by atomic mass is 10.1. The number of aromatic hydroxyl groups is 1. The number of benzene rings is 1. The van der Waals surface area contributed by atoms with Crippen LogP contribution in [0.15, 0.2) is 28.1 Å². The molecule has 144 valence electrons. The SMILES string of the molecule is COc1ccc(-c2c(Cl)c(C(=O)N/C(=N/N)N(C)N)nn(C)c2=O)cc1O. The van der Waals surface area contributed by atoms with Crippen molar-refractivity contribution in [3.05, 3.63) is 39.3 Å². The number of halogens is 1. The molecule has 0 aliphatic rings. The smallest absolute Gasteiger partial charge is 0.280 e. The lowest BCUT2D eigenvalue weighted by Crippen LogP contribution is -2.46. The zero-order chi connectivity index (χ0) is 20.3. The number of hydrazine groups is 1. The number of guanidine groups is 1. The van der Waals surface area contributed by atoms with Gasteiger partial charge in [-0.25, -0.2) is 10.5 Å². The highest BCUT2D eigenvalue weighted by atomic mass is 35.5. The van der Waals surface area contributed by atoms with E-state index in [1.54, 1.807) is 0 Å². The summed E-state index contributed by atoms with van der Waals surface area (Å²) in [5, 5.41) is 20.3. The topological polar surface area (TPSA) is 161 Å². The van der Waals surface area contributed by atoms with Gasteiger partial charge in [-0.3, -0.25) is 19.9 Å². The standard InChI is InChI=1S/C15H18ClN7O4/c1-22(18)15(20-17)19-13(25)12-11(16)10(14(26)23(2)21-12)7-4-5-9(27-3)8(24)6-7/h4-6,24H,17-18H2,1-3H3,(H,19,20,25). The molecule has 2 aromatic rings. The Labute approximate surface area is 158 Å². The van der Waals surface area contributed by atoms with Gasteiger partial charge >= 0.3 is 0 Å². The molecule has 0 saturated carbocycles. The molecule has 6 N–H and O–H groups in total. The maximum Gasteiger partial charge on any atom is 0.280 e.